The molecule has 0 radical (unpaired) electrons. The second-order valence-corrected chi connectivity index (χ2v) is 8.72. The lowest BCUT2D eigenvalue weighted by molar-refractivity contribution is 0.0514. The summed E-state index contributed by atoms with van der Waals surface area (Å²) in [6, 6.07) is 19.5. The zero-order valence-electron chi connectivity index (χ0n) is 18.5. The quantitative estimate of drug-likeness (QED) is 0.244. The van der Waals surface area contributed by atoms with Crippen LogP contribution in [0.3, 0.4) is 0 Å². The van der Waals surface area contributed by atoms with Crippen molar-refractivity contribution in [2.24, 2.45) is 0 Å². The van der Waals surface area contributed by atoms with Gasteiger partial charge in [0.05, 0.1) is 24.9 Å². The number of thiophene rings is 1. The number of aromatic nitrogens is 2. The summed E-state index contributed by atoms with van der Waals surface area (Å²) in [5.41, 5.74) is 1.62. The molecule has 6 nitrogen and oxygen atoms in total. The Balaban J connectivity index is 1.35. The maximum Gasteiger partial charge on any atom is 0.348 e. The van der Waals surface area contributed by atoms with E-state index in [4.69, 9.17) is 9.47 Å². The number of carbonyl (C=O) groups is 1. The van der Waals surface area contributed by atoms with Crippen molar-refractivity contribution < 1.29 is 14.3 Å². The Labute approximate surface area is 196 Å². The van der Waals surface area contributed by atoms with E-state index < -0.39 is 5.97 Å². The van der Waals surface area contributed by atoms with E-state index in [0.29, 0.717) is 46.8 Å². The van der Waals surface area contributed by atoms with Gasteiger partial charge in [0.25, 0.3) is 5.56 Å². The molecule has 0 unspecified atom stereocenters. The molecule has 2 aromatic carbocycles. The number of benzene rings is 2. The normalized spacial score (nSPS) is 10.9. The summed E-state index contributed by atoms with van der Waals surface area (Å²) in [5.74, 6) is 0.435. The van der Waals surface area contributed by atoms with E-state index in [0.717, 1.165) is 24.2 Å². The third-order valence-electron chi connectivity index (χ3n) is 5.37. The average Bonchev–Trinajstić information content (AvgIpc) is 3.18. The maximum atomic E-state index is 13.0. The number of unbranched alkanes of at least 4 members (excludes halogenated alkanes) is 1. The van der Waals surface area contributed by atoms with Crippen LogP contribution in [0.4, 0.5) is 0 Å². The van der Waals surface area contributed by atoms with Gasteiger partial charge >= 0.3 is 5.97 Å². The van der Waals surface area contributed by atoms with E-state index >= 15 is 0 Å². The van der Waals surface area contributed by atoms with Crippen molar-refractivity contribution in [2.45, 2.75) is 32.7 Å². The van der Waals surface area contributed by atoms with Crippen LogP contribution < -0.4 is 10.3 Å². The third-order valence-corrected chi connectivity index (χ3v) is 6.55. The van der Waals surface area contributed by atoms with Gasteiger partial charge in [-0.3, -0.25) is 9.36 Å². The molecule has 0 aliphatic rings. The van der Waals surface area contributed by atoms with Gasteiger partial charge in [-0.25, -0.2) is 9.78 Å². The van der Waals surface area contributed by atoms with E-state index in [1.54, 1.807) is 17.8 Å². The molecule has 0 fully saturated rings. The van der Waals surface area contributed by atoms with Gasteiger partial charge in [-0.2, -0.15) is 0 Å². The highest BCUT2D eigenvalue weighted by Crippen LogP contribution is 2.27. The first kappa shape index (κ1) is 22.7. The zero-order chi connectivity index (χ0) is 23.0. The molecule has 0 saturated carbocycles. The largest absolute Gasteiger partial charge is 0.494 e. The van der Waals surface area contributed by atoms with E-state index in [-0.39, 0.29) is 5.56 Å². The van der Waals surface area contributed by atoms with Crippen molar-refractivity contribution in [3.05, 3.63) is 93.3 Å². The molecule has 2 heterocycles. The smallest absolute Gasteiger partial charge is 0.348 e. The molecule has 4 aromatic rings. The van der Waals surface area contributed by atoms with Gasteiger partial charge in [-0.1, -0.05) is 48.5 Å². The fraction of sp³-hybridized carbons (Fsp3) is 0.269. The van der Waals surface area contributed by atoms with Crippen LogP contribution in [0, 0.1) is 6.92 Å². The minimum absolute atomic E-state index is 0.124. The molecule has 4 rings (SSSR count). The number of nitrogens with zero attached hydrogens (tertiary/aromatic N) is 2. The van der Waals surface area contributed by atoms with Crippen LogP contribution >= 0.6 is 11.3 Å². The molecule has 7 heteroatoms. The van der Waals surface area contributed by atoms with E-state index in [1.165, 1.54) is 11.3 Å². The molecule has 33 heavy (non-hydrogen) atoms. The summed E-state index contributed by atoms with van der Waals surface area (Å²) in [7, 11) is 0. The molecule has 0 spiro atoms. The summed E-state index contributed by atoms with van der Waals surface area (Å²) >= 11 is 1.21. The van der Waals surface area contributed by atoms with Gasteiger partial charge < -0.3 is 9.47 Å². The van der Waals surface area contributed by atoms with Gasteiger partial charge in [0.15, 0.2) is 0 Å². The number of fused-ring (bicyclic) bond motifs is 1. The lowest BCUT2D eigenvalue weighted by Gasteiger charge is -2.07. The number of hydrogen-bond acceptors (Lipinski definition) is 6. The summed E-state index contributed by atoms with van der Waals surface area (Å²) in [6.45, 7) is 3.21. The number of aryl methyl sites for hydroxylation is 2. The number of para-hydroxylation sites is 1. The SMILES string of the molecule is Cc1c(C(=O)OCCc2ccccc2)sc2ncn(CCCCOc3ccccc3)c(=O)c12. The van der Waals surface area contributed by atoms with Crippen LogP contribution in [0.1, 0.15) is 33.6 Å². The van der Waals surface area contributed by atoms with Gasteiger partial charge in [-0.15, -0.1) is 11.3 Å². The highest BCUT2D eigenvalue weighted by molar-refractivity contribution is 7.20. The summed E-state index contributed by atoms with van der Waals surface area (Å²) in [6.07, 6.45) is 3.82. The minimum Gasteiger partial charge on any atom is -0.494 e. The van der Waals surface area contributed by atoms with Crippen LogP contribution in [0.2, 0.25) is 0 Å². The van der Waals surface area contributed by atoms with Gasteiger partial charge in [0.1, 0.15) is 15.5 Å². The number of hydrogen-bond donors (Lipinski definition) is 0. The number of esters is 1. The molecule has 0 aliphatic heterocycles. The Kier molecular flexibility index (Phi) is 7.52. The zero-order valence-corrected chi connectivity index (χ0v) is 19.3. The second kappa shape index (κ2) is 10.9. The Morgan fingerprint density at radius 1 is 1.00 bits per heavy atom. The molecule has 0 atom stereocenters. The minimum atomic E-state index is -0.407. The Hall–Kier alpha value is -3.45. The predicted molar refractivity (Wildman–Crippen MR) is 130 cm³/mol. The molecular formula is C26H26N2O4S. The van der Waals surface area contributed by atoms with E-state index in [1.807, 2.05) is 60.7 Å². The van der Waals surface area contributed by atoms with Crippen LogP contribution in [-0.4, -0.2) is 28.7 Å². The Bertz CT molecular complexity index is 1270. The predicted octanol–water partition coefficient (Wildman–Crippen LogP) is 5.03. The highest BCUT2D eigenvalue weighted by Gasteiger charge is 2.20. The maximum absolute atomic E-state index is 13.0. The van der Waals surface area contributed by atoms with Gasteiger partial charge in [0, 0.05) is 13.0 Å². The number of carbonyl (C=O) groups excluding carboxylic acids is 1. The highest BCUT2D eigenvalue weighted by atomic mass is 32.1. The fourth-order valence-corrected chi connectivity index (χ4v) is 4.61. The van der Waals surface area contributed by atoms with Crippen LogP contribution in [0.15, 0.2) is 71.8 Å². The van der Waals surface area contributed by atoms with Crippen molar-refractivity contribution in [1.82, 2.24) is 9.55 Å². The van der Waals surface area contributed by atoms with Crippen molar-refractivity contribution >= 4 is 27.5 Å². The van der Waals surface area contributed by atoms with E-state index in [9.17, 15) is 9.59 Å². The molecular weight excluding hydrogens is 436 g/mol. The molecule has 0 saturated heterocycles. The first-order valence-corrected chi connectivity index (χ1v) is 11.8. The first-order valence-electron chi connectivity index (χ1n) is 11.0. The van der Waals surface area contributed by atoms with Gasteiger partial charge in [-0.05, 0) is 43.0 Å². The lowest BCUT2D eigenvalue weighted by atomic mass is 10.2. The Morgan fingerprint density at radius 3 is 2.48 bits per heavy atom. The molecule has 0 amide bonds. The van der Waals surface area contributed by atoms with Crippen molar-refractivity contribution in [2.75, 3.05) is 13.2 Å². The summed E-state index contributed by atoms with van der Waals surface area (Å²) in [5, 5.41) is 0.498. The lowest BCUT2D eigenvalue weighted by Crippen LogP contribution is -2.21. The topological polar surface area (TPSA) is 70.4 Å². The second-order valence-electron chi connectivity index (χ2n) is 7.72. The average molecular weight is 463 g/mol. The van der Waals surface area contributed by atoms with Crippen LogP contribution in [0.5, 0.6) is 5.75 Å². The fourth-order valence-electron chi connectivity index (χ4n) is 3.58. The molecule has 170 valence electrons. The van der Waals surface area contributed by atoms with Crippen molar-refractivity contribution in [3.63, 3.8) is 0 Å². The third kappa shape index (κ3) is 5.68. The van der Waals surface area contributed by atoms with Crippen LogP contribution in [0.25, 0.3) is 10.2 Å². The molecule has 0 N–H and O–H groups in total. The molecule has 2 aromatic heterocycles. The number of rotatable bonds is 10. The summed E-state index contributed by atoms with van der Waals surface area (Å²) in [4.78, 5) is 31.1. The van der Waals surface area contributed by atoms with Gasteiger partial charge in [0.2, 0.25) is 0 Å². The Morgan fingerprint density at radius 2 is 1.73 bits per heavy atom. The van der Waals surface area contributed by atoms with Crippen LogP contribution in [-0.2, 0) is 17.7 Å². The van der Waals surface area contributed by atoms with Crippen molar-refractivity contribution in [1.29, 1.82) is 0 Å². The monoisotopic (exact) mass is 462 g/mol. The standard InChI is InChI=1S/C26H26N2O4S/c1-19-22-24(33-23(19)26(30)32-17-14-20-10-4-2-5-11-20)27-18-28(25(22)29)15-8-9-16-31-21-12-6-3-7-13-21/h2-7,10-13,18H,8-9,14-17H2,1H3. The van der Waals surface area contributed by atoms with E-state index in [2.05, 4.69) is 4.98 Å². The summed E-state index contributed by atoms with van der Waals surface area (Å²) < 4.78 is 12.8. The molecule has 0 aliphatic carbocycles. The van der Waals surface area contributed by atoms with Crippen molar-refractivity contribution in [3.8, 4) is 5.75 Å². The molecule has 0 bridgehead atoms. The first-order chi connectivity index (χ1) is 16.1. The number of ether oxygens (including phenoxy) is 2.